The third-order valence-corrected chi connectivity index (χ3v) is 4.32. The number of nitrogens with zero attached hydrogens (tertiary/aromatic N) is 3. The Balaban J connectivity index is 2.43. The lowest BCUT2D eigenvalue weighted by atomic mass is 9.91. The first-order valence-corrected chi connectivity index (χ1v) is 7.35. The zero-order valence-electron chi connectivity index (χ0n) is 12.8. The number of piperidine rings is 1. The van der Waals surface area contributed by atoms with Gasteiger partial charge in [-0.1, -0.05) is 20.8 Å². The minimum atomic E-state index is 0.420. The van der Waals surface area contributed by atoms with E-state index in [1.54, 1.807) is 6.33 Å². The normalized spacial score (nSPS) is 23.8. The zero-order valence-corrected chi connectivity index (χ0v) is 12.8. The summed E-state index contributed by atoms with van der Waals surface area (Å²) in [6.07, 6.45) is 4.25. The number of nitrogens with one attached hydrogen (secondary N) is 1. The van der Waals surface area contributed by atoms with E-state index < -0.39 is 0 Å². The third kappa shape index (κ3) is 2.67. The Bertz CT molecular complexity index is 430. The third-order valence-electron chi connectivity index (χ3n) is 4.32. The van der Waals surface area contributed by atoms with E-state index in [1.807, 2.05) is 7.05 Å². The van der Waals surface area contributed by atoms with Crippen LogP contribution in [-0.2, 0) is 0 Å². The van der Waals surface area contributed by atoms with E-state index in [0.717, 1.165) is 24.1 Å². The first-order chi connectivity index (χ1) is 9.06. The SMILES string of the molecule is CNc1ncnc(N2CCCC(C)C2C)c1C(C)C. The molecular weight excluding hydrogens is 236 g/mol. The van der Waals surface area contributed by atoms with Crippen LogP contribution < -0.4 is 10.2 Å². The molecule has 0 aliphatic carbocycles. The van der Waals surface area contributed by atoms with Gasteiger partial charge in [-0.05, 0) is 31.6 Å². The van der Waals surface area contributed by atoms with Gasteiger partial charge in [0.15, 0.2) is 0 Å². The number of anilines is 2. The standard InChI is InChI=1S/C15H26N4/c1-10(2)13-14(16-5)17-9-18-15(13)19-8-6-7-11(3)12(19)4/h9-12H,6-8H2,1-5H3,(H,16,17,18). The molecule has 0 bridgehead atoms. The van der Waals surface area contributed by atoms with Crippen LogP contribution in [0.15, 0.2) is 6.33 Å². The molecule has 0 aromatic carbocycles. The van der Waals surface area contributed by atoms with Crippen molar-refractivity contribution >= 4 is 11.6 Å². The number of rotatable bonds is 3. The van der Waals surface area contributed by atoms with Crippen LogP contribution in [-0.4, -0.2) is 29.6 Å². The van der Waals surface area contributed by atoms with Crippen molar-refractivity contribution in [1.82, 2.24) is 9.97 Å². The Morgan fingerprint density at radius 3 is 2.68 bits per heavy atom. The average Bonchev–Trinajstić information content (AvgIpc) is 2.40. The molecule has 2 atom stereocenters. The van der Waals surface area contributed by atoms with E-state index in [4.69, 9.17) is 0 Å². The summed E-state index contributed by atoms with van der Waals surface area (Å²) in [5.74, 6) is 3.23. The maximum absolute atomic E-state index is 4.59. The van der Waals surface area contributed by atoms with Gasteiger partial charge in [-0.15, -0.1) is 0 Å². The molecule has 106 valence electrons. The fraction of sp³-hybridized carbons (Fsp3) is 0.733. The number of aromatic nitrogens is 2. The Morgan fingerprint density at radius 1 is 1.32 bits per heavy atom. The number of hydrogen-bond acceptors (Lipinski definition) is 4. The van der Waals surface area contributed by atoms with Gasteiger partial charge in [-0.25, -0.2) is 9.97 Å². The maximum Gasteiger partial charge on any atom is 0.137 e. The van der Waals surface area contributed by atoms with Gasteiger partial charge in [0, 0.05) is 25.2 Å². The van der Waals surface area contributed by atoms with Gasteiger partial charge < -0.3 is 10.2 Å². The van der Waals surface area contributed by atoms with Gasteiger partial charge in [-0.2, -0.15) is 0 Å². The van der Waals surface area contributed by atoms with Crippen molar-refractivity contribution in [3.05, 3.63) is 11.9 Å². The monoisotopic (exact) mass is 262 g/mol. The summed E-state index contributed by atoms with van der Waals surface area (Å²) in [4.78, 5) is 11.4. The topological polar surface area (TPSA) is 41.1 Å². The lowest BCUT2D eigenvalue weighted by molar-refractivity contribution is 0.360. The van der Waals surface area contributed by atoms with Gasteiger partial charge in [-0.3, -0.25) is 0 Å². The molecule has 2 unspecified atom stereocenters. The summed E-state index contributed by atoms with van der Waals surface area (Å²) in [6, 6.07) is 0.547. The second kappa shape index (κ2) is 5.76. The Morgan fingerprint density at radius 2 is 2.05 bits per heavy atom. The molecular formula is C15H26N4. The predicted molar refractivity (Wildman–Crippen MR) is 80.9 cm³/mol. The van der Waals surface area contributed by atoms with Crippen LogP contribution in [0.5, 0.6) is 0 Å². The van der Waals surface area contributed by atoms with Gasteiger partial charge in [0.25, 0.3) is 0 Å². The quantitative estimate of drug-likeness (QED) is 0.907. The highest BCUT2D eigenvalue weighted by molar-refractivity contribution is 5.60. The molecule has 0 amide bonds. The average molecular weight is 262 g/mol. The van der Waals surface area contributed by atoms with E-state index in [0.29, 0.717) is 12.0 Å². The summed E-state index contributed by atoms with van der Waals surface area (Å²) in [6.45, 7) is 10.2. The van der Waals surface area contributed by atoms with Crippen LogP contribution >= 0.6 is 0 Å². The summed E-state index contributed by atoms with van der Waals surface area (Å²) in [7, 11) is 1.93. The second-order valence-electron chi connectivity index (χ2n) is 5.92. The highest BCUT2D eigenvalue weighted by Gasteiger charge is 2.28. The zero-order chi connectivity index (χ0) is 14.0. The Labute approximate surface area is 116 Å². The lowest BCUT2D eigenvalue weighted by Gasteiger charge is -2.40. The van der Waals surface area contributed by atoms with Crippen LogP contribution in [0.25, 0.3) is 0 Å². The summed E-state index contributed by atoms with van der Waals surface area (Å²) in [5, 5.41) is 3.20. The molecule has 1 aromatic heterocycles. The molecule has 1 N–H and O–H groups in total. The lowest BCUT2D eigenvalue weighted by Crippen LogP contribution is -2.43. The van der Waals surface area contributed by atoms with Crippen molar-refractivity contribution in [3.8, 4) is 0 Å². The smallest absolute Gasteiger partial charge is 0.137 e. The molecule has 2 heterocycles. The molecule has 0 saturated carbocycles. The summed E-state index contributed by atoms with van der Waals surface area (Å²) >= 11 is 0. The molecule has 4 nitrogen and oxygen atoms in total. The molecule has 1 aromatic rings. The van der Waals surface area contributed by atoms with Crippen molar-refractivity contribution in [2.45, 2.75) is 52.5 Å². The highest BCUT2D eigenvalue weighted by Crippen LogP contribution is 2.35. The first kappa shape index (κ1) is 14.1. The van der Waals surface area contributed by atoms with Crippen molar-refractivity contribution in [2.75, 3.05) is 23.8 Å². The van der Waals surface area contributed by atoms with E-state index in [-0.39, 0.29) is 0 Å². The highest BCUT2D eigenvalue weighted by atomic mass is 15.2. The fourth-order valence-corrected chi connectivity index (χ4v) is 2.98. The van der Waals surface area contributed by atoms with Crippen molar-refractivity contribution in [1.29, 1.82) is 0 Å². The van der Waals surface area contributed by atoms with Crippen LogP contribution in [0.4, 0.5) is 11.6 Å². The van der Waals surface area contributed by atoms with Gasteiger partial charge in [0.2, 0.25) is 0 Å². The molecule has 19 heavy (non-hydrogen) atoms. The molecule has 1 saturated heterocycles. The first-order valence-electron chi connectivity index (χ1n) is 7.35. The van der Waals surface area contributed by atoms with Crippen LogP contribution in [0.1, 0.15) is 52.0 Å². The molecule has 2 rings (SSSR count). The molecule has 1 aliphatic rings. The molecule has 1 aliphatic heterocycles. The van der Waals surface area contributed by atoms with E-state index in [1.165, 1.54) is 18.4 Å². The van der Waals surface area contributed by atoms with Gasteiger partial charge in [0.05, 0.1) is 0 Å². The van der Waals surface area contributed by atoms with Crippen molar-refractivity contribution in [2.24, 2.45) is 5.92 Å². The maximum atomic E-state index is 4.59. The van der Waals surface area contributed by atoms with Crippen LogP contribution in [0, 0.1) is 5.92 Å². The number of hydrogen-bond donors (Lipinski definition) is 1. The summed E-state index contributed by atoms with van der Waals surface area (Å²) in [5.41, 5.74) is 1.24. The Hall–Kier alpha value is -1.32. The minimum Gasteiger partial charge on any atom is -0.373 e. The minimum absolute atomic E-state index is 0.420. The van der Waals surface area contributed by atoms with E-state index >= 15 is 0 Å². The van der Waals surface area contributed by atoms with Crippen molar-refractivity contribution < 1.29 is 0 Å². The molecule has 0 radical (unpaired) electrons. The van der Waals surface area contributed by atoms with Gasteiger partial charge in [0.1, 0.15) is 18.0 Å². The van der Waals surface area contributed by atoms with Crippen LogP contribution in [0.2, 0.25) is 0 Å². The predicted octanol–water partition coefficient (Wildman–Crippen LogP) is 3.27. The fourth-order valence-electron chi connectivity index (χ4n) is 2.98. The summed E-state index contributed by atoms with van der Waals surface area (Å²) < 4.78 is 0. The van der Waals surface area contributed by atoms with E-state index in [9.17, 15) is 0 Å². The second-order valence-corrected chi connectivity index (χ2v) is 5.92. The molecule has 0 spiro atoms. The van der Waals surface area contributed by atoms with Gasteiger partial charge >= 0.3 is 0 Å². The largest absolute Gasteiger partial charge is 0.373 e. The van der Waals surface area contributed by atoms with Crippen molar-refractivity contribution in [3.63, 3.8) is 0 Å². The van der Waals surface area contributed by atoms with E-state index in [2.05, 4.69) is 47.9 Å². The molecule has 1 fully saturated rings. The van der Waals surface area contributed by atoms with Crippen LogP contribution in [0.3, 0.4) is 0 Å². The molecule has 4 heteroatoms. The Kier molecular flexibility index (Phi) is 4.27.